The number of hydrogen-bond donors (Lipinski definition) is 1. The average molecular weight is 286 g/mol. The van der Waals surface area contributed by atoms with Gasteiger partial charge in [-0.3, -0.25) is 0 Å². The van der Waals surface area contributed by atoms with Crippen molar-refractivity contribution in [1.82, 2.24) is 4.98 Å². The fraction of sp³-hybridized carbons (Fsp3) is 0.500. The number of nitrogens with zero attached hydrogens (tertiary/aromatic N) is 1. The van der Waals surface area contributed by atoms with Crippen LogP contribution in [0, 0.1) is 0 Å². The van der Waals surface area contributed by atoms with E-state index in [4.69, 9.17) is 9.72 Å². The van der Waals surface area contributed by atoms with Crippen LogP contribution in [-0.2, 0) is 16.8 Å². The van der Waals surface area contributed by atoms with E-state index in [0.29, 0.717) is 6.61 Å². The van der Waals surface area contributed by atoms with Crippen LogP contribution in [-0.4, -0.2) is 18.6 Å². The van der Waals surface area contributed by atoms with Crippen molar-refractivity contribution in [1.29, 1.82) is 0 Å². The van der Waals surface area contributed by atoms with Gasteiger partial charge in [0, 0.05) is 24.7 Å². The van der Waals surface area contributed by atoms with Crippen molar-refractivity contribution in [3.8, 4) is 0 Å². The molecule has 0 amide bonds. The molecule has 0 saturated carbocycles. The molecular formula is C18H26N2O. The SMILES string of the molecule is CCCNc1cc(COC)nc2c(C(C)(C)C)cccc12. The summed E-state index contributed by atoms with van der Waals surface area (Å²) in [5.74, 6) is 0. The molecule has 1 aromatic heterocycles. The van der Waals surface area contributed by atoms with Gasteiger partial charge in [-0.1, -0.05) is 45.9 Å². The second-order valence-corrected chi connectivity index (χ2v) is 6.47. The fourth-order valence-corrected chi connectivity index (χ4v) is 2.53. The molecule has 1 heterocycles. The largest absolute Gasteiger partial charge is 0.384 e. The van der Waals surface area contributed by atoms with Crippen molar-refractivity contribution in [3.05, 3.63) is 35.5 Å². The highest BCUT2D eigenvalue weighted by atomic mass is 16.5. The number of methoxy groups -OCH3 is 1. The monoisotopic (exact) mass is 286 g/mol. The Morgan fingerprint density at radius 2 is 2.00 bits per heavy atom. The summed E-state index contributed by atoms with van der Waals surface area (Å²) in [5.41, 5.74) is 4.55. The molecule has 21 heavy (non-hydrogen) atoms. The van der Waals surface area contributed by atoms with Gasteiger partial charge in [-0.25, -0.2) is 4.98 Å². The molecule has 0 saturated heterocycles. The van der Waals surface area contributed by atoms with Crippen molar-refractivity contribution >= 4 is 16.6 Å². The third-order valence-electron chi connectivity index (χ3n) is 3.56. The molecule has 0 unspecified atom stereocenters. The minimum atomic E-state index is 0.0697. The van der Waals surface area contributed by atoms with E-state index in [2.05, 4.69) is 57.3 Å². The summed E-state index contributed by atoms with van der Waals surface area (Å²) in [6.07, 6.45) is 1.10. The van der Waals surface area contributed by atoms with Gasteiger partial charge < -0.3 is 10.1 Å². The number of pyridine rings is 1. The summed E-state index contributed by atoms with van der Waals surface area (Å²) in [6, 6.07) is 8.55. The first-order valence-electron chi connectivity index (χ1n) is 7.63. The Morgan fingerprint density at radius 1 is 1.24 bits per heavy atom. The molecular weight excluding hydrogens is 260 g/mol. The lowest BCUT2D eigenvalue weighted by atomic mass is 9.85. The molecule has 0 spiro atoms. The second kappa shape index (κ2) is 6.44. The lowest BCUT2D eigenvalue weighted by Gasteiger charge is -2.22. The molecule has 0 bridgehead atoms. The van der Waals surface area contributed by atoms with Gasteiger partial charge in [0.2, 0.25) is 0 Å². The summed E-state index contributed by atoms with van der Waals surface area (Å²) >= 11 is 0. The Morgan fingerprint density at radius 3 is 2.62 bits per heavy atom. The quantitative estimate of drug-likeness (QED) is 0.878. The lowest BCUT2D eigenvalue weighted by Crippen LogP contribution is -2.13. The first kappa shape index (κ1) is 15.8. The van der Waals surface area contributed by atoms with E-state index >= 15 is 0 Å². The van der Waals surface area contributed by atoms with E-state index in [1.54, 1.807) is 7.11 Å². The molecule has 0 fully saturated rings. The maximum atomic E-state index is 5.27. The number of aromatic nitrogens is 1. The van der Waals surface area contributed by atoms with E-state index in [9.17, 15) is 0 Å². The molecule has 1 aromatic carbocycles. The van der Waals surface area contributed by atoms with Gasteiger partial charge in [-0.2, -0.15) is 0 Å². The maximum absolute atomic E-state index is 5.27. The molecule has 0 aliphatic carbocycles. The van der Waals surface area contributed by atoms with Gasteiger partial charge in [-0.15, -0.1) is 0 Å². The Labute approximate surface area is 127 Å². The molecule has 3 nitrogen and oxygen atoms in total. The van der Waals surface area contributed by atoms with Crippen LogP contribution < -0.4 is 5.32 Å². The van der Waals surface area contributed by atoms with Gasteiger partial charge in [0.25, 0.3) is 0 Å². The molecule has 0 radical (unpaired) electrons. The summed E-state index contributed by atoms with van der Waals surface area (Å²) in [5, 5.41) is 4.71. The molecule has 0 atom stereocenters. The fourth-order valence-electron chi connectivity index (χ4n) is 2.53. The van der Waals surface area contributed by atoms with Crippen molar-refractivity contribution in [3.63, 3.8) is 0 Å². The average Bonchev–Trinajstić information content (AvgIpc) is 2.43. The second-order valence-electron chi connectivity index (χ2n) is 6.47. The molecule has 3 heteroatoms. The topological polar surface area (TPSA) is 34.1 Å². The smallest absolute Gasteiger partial charge is 0.0885 e. The Hall–Kier alpha value is -1.61. The highest BCUT2D eigenvalue weighted by Crippen LogP contribution is 2.32. The van der Waals surface area contributed by atoms with Gasteiger partial charge >= 0.3 is 0 Å². The zero-order valence-corrected chi connectivity index (χ0v) is 13.8. The van der Waals surface area contributed by atoms with Crippen molar-refractivity contribution in [2.75, 3.05) is 19.0 Å². The highest BCUT2D eigenvalue weighted by molar-refractivity contribution is 5.94. The normalized spacial score (nSPS) is 11.9. The Bertz CT molecular complexity index is 614. The number of anilines is 1. The minimum absolute atomic E-state index is 0.0697. The zero-order valence-electron chi connectivity index (χ0n) is 13.8. The van der Waals surface area contributed by atoms with E-state index in [1.165, 1.54) is 10.9 Å². The summed E-state index contributed by atoms with van der Waals surface area (Å²) < 4.78 is 5.27. The number of para-hydroxylation sites is 1. The molecule has 114 valence electrons. The third kappa shape index (κ3) is 3.53. The highest BCUT2D eigenvalue weighted by Gasteiger charge is 2.19. The van der Waals surface area contributed by atoms with Crippen LogP contribution in [0.25, 0.3) is 10.9 Å². The summed E-state index contributed by atoms with van der Waals surface area (Å²) in [4.78, 5) is 4.84. The first-order chi connectivity index (χ1) is 9.97. The standard InChI is InChI=1S/C18H26N2O/c1-6-10-19-16-11-13(12-21-5)20-17-14(16)8-7-9-15(17)18(2,3)4/h7-9,11H,6,10,12H2,1-5H3,(H,19,20). The number of fused-ring (bicyclic) bond motifs is 1. The van der Waals surface area contributed by atoms with Crippen molar-refractivity contribution < 1.29 is 4.74 Å². The Balaban J connectivity index is 2.65. The molecule has 0 aliphatic rings. The van der Waals surface area contributed by atoms with Crippen LogP contribution in [0.2, 0.25) is 0 Å². The van der Waals surface area contributed by atoms with E-state index in [-0.39, 0.29) is 5.41 Å². The van der Waals surface area contributed by atoms with E-state index in [0.717, 1.165) is 29.9 Å². The van der Waals surface area contributed by atoms with Crippen LogP contribution in [0.15, 0.2) is 24.3 Å². The van der Waals surface area contributed by atoms with Crippen LogP contribution in [0.3, 0.4) is 0 Å². The van der Waals surface area contributed by atoms with Gasteiger partial charge in [-0.05, 0) is 23.5 Å². The van der Waals surface area contributed by atoms with Crippen molar-refractivity contribution in [2.24, 2.45) is 0 Å². The van der Waals surface area contributed by atoms with Crippen LogP contribution >= 0.6 is 0 Å². The number of benzene rings is 1. The third-order valence-corrected chi connectivity index (χ3v) is 3.56. The predicted octanol–water partition coefficient (Wildman–Crippen LogP) is 4.50. The molecule has 2 rings (SSSR count). The number of ether oxygens (including phenoxy) is 1. The van der Waals surface area contributed by atoms with Crippen molar-refractivity contribution in [2.45, 2.75) is 46.1 Å². The Kier molecular flexibility index (Phi) is 4.84. The van der Waals surface area contributed by atoms with Crippen LogP contribution in [0.1, 0.15) is 45.4 Å². The lowest BCUT2D eigenvalue weighted by molar-refractivity contribution is 0.182. The number of hydrogen-bond acceptors (Lipinski definition) is 3. The molecule has 0 aliphatic heterocycles. The summed E-state index contributed by atoms with van der Waals surface area (Å²) in [7, 11) is 1.71. The zero-order chi connectivity index (χ0) is 15.5. The van der Waals surface area contributed by atoms with E-state index in [1.807, 2.05) is 0 Å². The molecule has 1 N–H and O–H groups in total. The predicted molar refractivity (Wildman–Crippen MR) is 89.9 cm³/mol. The first-order valence-corrected chi connectivity index (χ1v) is 7.63. The summed E-state index contributed by atoms with van der Waals surface area (Å²) in [6.45, 7) is 10.4. The van der Waals surface area contributed by atoms with E-state index < -0.39 is 0 Å². The van der Waals surface area contributed by atoms with Crippen LogP contribution in [0.4, 0.5) is 5.69 Å². The van der Waals surface area contributed by atoms with Gasteiger partial charge in [0.15, 0.2) is 0 Å². The van der Waals surface area contributed by atoms with Gasteiger partial charge in [0.1, 0.15) is 0 Å². The van der Waals surface area contributed by atoms with Crippen LogP contribution in [0.5, 0.6) is 0 Å². The maximum Gasteiger partial charge on any atom is 0.0885 e. The minimum Gasteiger partial charge on any atom is -0.384 e. The number of nitrogens with one attached hydrogen (secondary N) is 1. The molecule has 2 aromatic rings. The number of rotatable bonds is 5. The van der Waals surface area contributed by atoms with Gasteiger partial charge in [0.05, 0.1) is 17.8 Å².